The van der Waals surface area contributed by atoms with Gasteiger partial charge in [-0.05, 0) is 51.3 Å². The van der Waals surface area contributed by atoms with Gasteiger partial charge in [0.2, 0.25) is 0 Å². The first kappa shape index (κ1) is 18.1. The Hall–Kier alpha value is -0.900. The summed E-state index contributed by atoms with van der Waals surface area (Å²) in [5, 5.41) is 3.48. The van der Waals surface area contributed by atoms with Crippen molar-refractivity contribution >= 4 is 0 Å². The number of rotatable bonds is 10. The van der Waals surface area contributed by atoms with Gasteiger partial charge in [0, 0.05) is 19.1 Å². The summed E-state index contributed by atoms with van der Waals surface area (Å²) < 4.78 is 0. The van der Waals surface area contributed by atoms with E-state index in [0.29, 0.717) is 6.04 Å². The minimum Gasteiger partial charge on any atom is -0.310 e. The Kier molecular flexibility index (Phi) is 8.58. The van der Waals surface area contributed by atoms with Crippen molar-refractivity contribution in [3.05, 3.63) is 35.4 Å². The fourth-order valence-corrected chi connectivity index (χ4v) is 2.38. The molecule has 1 N–H and O–H groups in total. The largest absolute Gasteiger partial charge is 0.310 e. The Balaban J connectivity index is 2.49. The van der Waals surface area contributed by atoms with Crippen LogP contribution in [0.15, 0.2) is 24.3 Å². The molecule has 3 nitrogen and oxygen atoms in total. The van der Waals surface area contributed by atoms with E-state index >= 15 is 0 Å². The molecule has 1 rings (SSSR count). The molecule has 3 heteroatoms. The number of benzene rings is 1. The Labute approximate surface area is 131 Å². The normalized spacial score (nSPS) is 11.8. The molecular formula is C18H33N3. The van der Waals surface area contributed by atoms with Crippen molar-refractivity contribution in [3.8, 4) is 0 Å². The van der Waals surface area contributed by atoms with Gasteiger partial charge in [-0.2, -0.15) is 0 Å². The van der Waals surface area contributed by atoms with Gasteiger partial charge in [-0.25, -0.2) is 0 Å². The Morgan fingerprint density at radius 3 is 2.43 bits per heavy atom. The maximum atomic E-state index is 3.48. The van der Waals surface area contributed by atoms with Crippen LogP contribution in [0.1, 0.15) is 38.3 Å². The summed E-state index contributed by atoms with van der Waals surface area (Å²) in [6.07, 6.45) is 1.23. The Morgan fingerprint density at radius 1 is 1.10 bits per heavy atom. The molecule has 0 saturated carbocycles. The highest BCUT2D eigenvalue weighted by atomic mass is 15.1. The zero-order valence-electron chi connectivity index (χ0n) is 14.5. The molecule has 1 aromatic rings. The number of nitrogens with zero attached hydrogens (tertiary/aromatic N) is 2. The van der Waals surface area contributed by atoms with Crippen molar-refractivity contribution in [3.63, 3.8) is 0 Å². The first-order valence-corrected chi connectivity index (χ1v) is 8.19. The molecule has 0 aliphatic carbocycles. The van der Waals surface area contributed by atoms with Gasteiger partial charge in [-0.3, -0.25) is 4.90 Å². The summed E-state index contributed by atoms with van der Waals surface area (Å²) in [5.41, 5.74) is 2.80. The minimum absolute atomic E-state index is 0.534. The van der Waals surface area contributed by atoms with Gasteiger partial charge in [0.1, 0.15) is 0 Å². The SMILES string of the molecule is CCN(CCCN(C)C)Cc1cccc(CNC(C)C)c1. The van der Waals surface area contributed by atoms with E-state index < -0.39 is 0 Å². The van der Waals surface area contributed by atoms with Crippen molar-refractivity contribution < 1.29 is 0 Å². The predicted molar refractivity (Wildman–Crippen MR) is 92.5 cm³/mol. The van der Waals surface area contributed by atoms with Crippen LogP contribution >= 0.6 is 0 Å². The van der Waals surface area contributed by atoms with Gasteiger partial charge in [0.15, 0.2) is 0 Å². The monoisotopic (exact) mass is 291 g/mol. The van der Waals surface area contributed by atoms with E-state index in [1.165, 1.54) is 24.1 Å². The lowest BCUT2D eigenvalue weighted by Crippen LogP contribution is -2.27. The smallest absolute Gasteiger partial charge is 0.0233 e. The maximum absolute atomic E-state index is 3.48. The summed E-state index contributed by atoms with van der Waals surface area (Å²) in [7, 11) is 4.28. The molecule has 0 atom stereocenters. The van der Waals surface area contributed by atoms with E-state index in [4.69, 9.17) is 0 Å². The van der Waals surface area contributed by atoms with Gasteiger partial charge in [-0.1, -0.05) is 45.0 Å². The molecule has 0 unspecified atom stereocenters. The van der Waals surface area contributed by atoms with Crippen molar-refractivity contribution in [2.24, 2.45) is 0 Å². The molecule has 120 valence electrons. The highest BCUT2D eigenvalue weighted by Gasteiger charge is 2.05. The summed E-state index contributed by atoms with van der Waals surface area (Å²) in [6.45, 7) is 12.1. The number of nitrogens with one attached hydrogen (secondary N) is 1. The van der Waals surface area contributed by atoms with E-state index in [-0.39, 0.29) is 0 Å². The van der Waals surface area contributed by atoms with E-state index in [0.717, 1.165) is 26.2 Å². The van der Waals surface area contributed by atoms with E-state index in [9.17, 15) is 0 Å². The summed E-state index contributed by atoms with van der Waals surface area (Å²) in [4.78, 5) is 4.78. The first-order chi connectivity index (χ1) is 10.0. The van der Waals surface area contributed by atoms with Gasteiger partial charge in [0.25, 0.3) is 0 Å². The molecule has 0 amide bonds. The molecule has 0 aromatic heterocycles. The van der Waals surface area contributed by atoms with Crippen LogP contribution in [-0.2, 0) is 13.1 Å². The first-order valence-electron chi connectivity index (χ1n) is 8.19. The van der Waals surface area contributed by atoms with Crippen LogP contribution in [0.4, 0.5) is 0 Å². The zero-order chi connectivity index (χ0) is 15.7. The predicted octanol–water partition coefficient (Wildman–Crippen LogP) is 2.96. The maximum Gasteiger partial charge on any atom is 0.0233 e. The van der Waals surface area contributed by atoms with Crippen LogP contribution in [0.25, 0.3) is 0 Å². The topological polar surface area (TPSA) is 18.5 Å². The molecule has 0 saturated heterocycles. The second-order valence-electron chi connectivity index (χ2n) is 6.38. The average Bonchev–Trinajstić information content (AvgIpc) is 2.44. The lowest BCUT2D eigenvalue weighted by atomic mass is 10.1. The van der Waals surface area contributed by atoms with Gasteiger partial charge >= 0.3 is 0 Å². The van der Waals surface area contributed by atoms with Crippen LogP contribution in [0.2, 0.25) is 0 Å². The van der Waals surface area contributed by atoms with Crippen molar-refractivity contribution in [2.75, 3.05) is 33.7 Å². The van der Waals surface area contributed by atoms with Crippen LogP contribution in [0, 0.1) is 0 Å². The molecule has 0 bridgehead atoms. The Bertz CT molecular complexity index is 388. The van der Waals surface area contributed by atoms with Gasteiger partial charge in [0.05, 0.1) is 0 Å². The number of hydrogen-bond acceptors (Lipinski definition) is 3. The Morgan fingerprint density at radius 2 is 1.81 bits per heavy atom. The van der Waals surface area contributed by atoms with E-state index in [1.807, 2.05) is 0 Å². The molecular weight excluding hydrogens is 258 g/mol. The van der Waals surface area contributed by atoms with Crippen LogP contribution in [-0.4, -0.2) is 49.6 Å². The number of hydrogen-bond donors (Lipinski definition) is 1. The summed E-state index contributed by atoms with van der Waals surface area (Å²) in [6, 6.07) is 9.51. The second kappa shape index (κ2) is 9.93. The second-order valence-corrected chi connectivity index (χ2v) is 6.38. The molecule has 0 aliphatic rings. The summed E-state index contributed by atoms with van der Waals surface area (Å²) >= 11 is 0. The highest BCUT2D eigenvalue weighted by molar-refractivity contribution is 5.23. The fraction of sp³-hybridized carbons (Fsp3) is 0.667. The highest BCUT2D eigenvalue weighted by Crippen LogP contribution is 2.09. The standard InChI is InChI=1S/C18H33N3/c1-6-21(12-8-11-20(4)5)15-18-10-7-9-17(13-18)14-19-16(2)3/h7,9-10,13,16,19H,6,8,11-12,14-15H2,1-5H3. The lowest BCUT2D eigenvalue weighted by molar-refractivity contribution is 0.259. The van der Waals surface area contributed by atoms with Gasteiger partial charge < -0.3 is 10.2 Å². The van der Waals surface area contributed by atoms with Crippen molar-refractivity contribution in [1.82, 2.24) is 15.1 Å². The van der Waals surface area contributed by atoms with Gasteiger partial charge in [-0.15, -0.1) is 0 Å². The third-order valence-electron chi connectivity index (χ3n) is 3.64. The molecule has 0 heterocycles. The van der Waals surface area contributed by atoms with E-state index in [2.05, 4.69) is 74.2 Å². The molecule has 0 fully saturated rings. The lowest BCUT2D eigenvalue weighted by Gasteiger charge is -2.22. The molecule has 0 aliphatic heterocycles. The van der Waals surface area contributed by atoms with Crippen molar-refractivity contribution in [2.45, 2.75) is 46.3 Å². The fourth-order valence-electron chi connectivity index (χ4n) is 2.38. The molecule has 0 radical (unpaired) electrons. The van der Waals surface area contributed by atoms with Crippen LogP contribution < -0.4 is 5.32 Å². The van der Waals surface area contributed by atoms with Crippen LogP contribution in [0.3, 0.4) is 0 Å². The average molecular weight is 291 g/mol. The molecule has 21 heavy (non-hydrogen) atoms. The summed E-state index contributed by atoms with van der Waals surface area (Å²) in [5.74, 6) is 0. The quantitative estimate of drug-likeness (QED) is 0.715. The van der Waals surface area contributed by atoms with Crippen LogP contribution in [0.5, 0.6) is 0 Å². The molecule has 0 spiro atoms. The van der Waals surface area contributed by atoms with E-state index in [1.54, 1.807) is 0 Å². The molecule has 1 aromatic carbocycles. The van der Waals surface area contributed by atoms with Crippen molar-refractivity contribution in [1.29, 1.82) is 0 Å². The minimum atomic E-state index is 0.534. The zero-order valence-corrected chi connectivity index (χ0v) is 14.5. The third kappa shape index (κ3) is 8.20. The third-order valence-corrected chi connectivity index (χ3v) is 3.64.